The molecule has 2 fully saturated rings. The third kappa shape index (κ3) is 9.93. The monoisotopic (exact) mass is 836 g/mol. The van der Waals surface area contributed by atoms with Crippen molar-refractivity contribution in [2.45, 2.75) is 88.7 Å². The molecule has 0 bridgehead atoms. The molecule has 4 amide bonds. The van der Waals surface area contributed by atoms with Gasteiger partial charge in [-0.25, -0.2) is 22.8 Å². The molecule has 6 rings (SSSR count). The molecule has 8 nitrogen and oxygen atoms in total. The first-order valence-electron chi connectivity index (χ1n) is 18.9. The lowest BCUT2D eigenvalue weighted by Gasteiger charge is -2.36. The van der Waals surface area contributed by atoms with E-state index in [9.17, 15) is 40.3 Å². The molecule has 0 radical (unpaired) electrons. The first kappa shape index (κ1) is 44.7. The van der Waals surface area contributed by atoms with E-state index in [1.165, 1.54) is 16.7 Å². The minimum Gasteiger partial charge on any atom is -0.324 e. The summed E-state index contributed by atoms with van der Waals surface area (Å²) in [7, 11) is 0. The van der Waals surface area contributed by atoms with Crippen LogP contribution in [-0.4, -0.2) is 70.4 Å². The van der Waals surface area contributed by atoms with Gasteiger partial charge in [0.1, 0.15) is 0 Å². The minimum absolute atomic E-state index is 0.00612. The number of likely N-dealkylation sites (tertiary alicyclic amines) is 2. The number of halogens is 9. The minimum atomic E-state index is -6.23. The maximum absolute atomic E-state index is 15.3. The van der Waals surface area contributed by atoms with E-state index in [1.807, 2.05) is 43.3 Å². The quantitative estimate of drug-likeness (QED) is 0.189. The molecule has 4 aromatic rings. The Labute approximate surface area is 336 Å². The lowest BCUT2D eigenvalue weighted by molar-refractivity contribution is -0.348. The number of hydrogen-bond donors (Lipinski definition) is 2. The predicted octanol–water partition coefficient (Wildman–Crippen LogP) is 11.2. The lowest BCUT2D eigenvalue weighted by Crippen LogP contribution is -2.50. The number of nitrogens with one attached hydrogen (secondary N) is 2. The van der Waals surface area contributed by atoms with E-state index >= 15 is 8.78 Å². The Morgan fingerprint density at radius 1 is 0.610 bits per heavy atom. The molecule has 0 saturated carbocycles. The number of carbonyl (C=O) groups excluding carboxylic acids is 2. The molecule has 17 heteroatoms. The molecule has 2 aliphatic rings. The second-order valence-corrected chi connectivity index (χ2v) is 15.1. The molecular formula is C42H45F9N6O2. The van der Waals surface area contributed by atoms with E-state index in [0.29, 0.717) is 42.4 Å². The number of hydrogen-bond acceptors (Lipinski definition) is 4. The first-order chi connectivity index (χ1) is 27.6. The number of alkyl halides is 9. The van der Waals surface area contributed by atoms with Crippen molar-refractivity contribution in [3.05, 3.63) is 119 Å². The molecule has 0 atom stereocenters. The number of piperidine rings is 2. The maximum atomic E-state index is 15.3. The zero-order chi connectivity index (χ0) is 43.4. The van der Waals surface area contributed by atoms with E-state index in [4.69, 9.17) is 0 Å². The number of anilines is 2. The number of rotatable bonds is 6. The van der Waals surface area contributed by atoms with Crippen molar-refractivity contribution in [3.63, 3.8) is 0 Å². The van der Waals surface area contributed by atoms with Gasteiger partial charge in [0.25, 0.3) is 0 Å². The molecule has 2 aromatic heterocycles. The summed E-state index contributed by atoms with van der Waals surface area (Å²) >= 11 is 0. The Morgan fingerprint density at radius 2 is 0.966 bits per heavy atom. The molecule has 0 aliphatic carbocycles. The van der Waals surface area contributed by atoms with Gasteiger partial charge < -0.3 is 20.4 Å². The van der Waals surface area contributed by atoms with E-state index in [1.54, 1.807) is 30.2 Å². The zero-order valence-electron chi connectivity index (χ0n) is 32.8. The normalized spacial score (nSPS) is 16.8. The first-order valence-corrected chi connectivity index (χ1v) is 18.9. The summed E-state index contributed by atoms with van der Waals surface area (Å²) < 4.78 is 122. The number of carbonyl (C=O) groups is 2. The van der Waals surface area contributed by atoms with Crippen molar-refractivity contribution in [1.82, 2.24) is 19.8 Å². The van der Waals surface area contributed by atoms with Crippen LogP contribution in [0, 0.1) is 13.8 Å². The van der Waals surface area contributed by atoms with Crippen molar-refractivity contribution in [2.24, 2.45) is 0 Å². The van der Waals surface area contributed by atoms with Crippen molar-refractivity contribution < 1.29 is 49.1 Å². The number of aryl methyl sites for hydroxylation is 2. The van der Waals surface area contributed by atoms with Crippen LogP contribution in [0.3, 0.4) is 0 Å². The topological polar surface area (TPSA) is 90.5 Å². The van der Waals surface area contributed by atoms with Gasteiger partial charge in [-0.1, -0.05) is 50.2 Å². The van der Waals surface area contributed by atoms with Gasteiger partial charge in [0.05, 0.1) is 11.4 Å². The van der Waals surface area contributed by atoms with Crippen molar-refractivity contribution >= 4 is 23.4 Å². The molecular weight excluding hydrogens is 791 g/mol. The average molecular weight is 837 g/mol. The fourth-order valence-corrected chi connectivity index (χ4v) is 7.14. The van der Waals surface area contributed by atoms with Gasteiger partial charge in [-0.15, -0.1) is 0 Å². The summed E-state index contributed by atoms with van der Waals surface area (Å²) in [5, 5.41) is 5.22. The molecule has 2 saturated heterocycles. The molecule has 0 unspecified atom stereocenters. The number of benzene rings is 2. The number of nitrogens with zero attached hydrogens (tertiary/aromatic N) is 4. The van der Waals surface area contributed by atoms with Crippen molar-refractivity contribution in [3.8, 4) is 0 Å². The summed E-state index contributed by atoms with van der Waals surface area (Å²) in [5.41, 5.74) is -6.24. The lowest BCUT2D eigenvalue weighted by atomic mass is 9.87. The van der Waals surface area contributed by atoms with Crippen LogP contribution in [0.15, 0.2) is 85.2 Å². The largest absolute Gasteiger partial charge is 0.435 e. The van der Waals surface area contributed by atoms with Crippen LogP contribution in [0.1, 0.15) is 79.1 Å². The second-order valence-electron chi connectivity index (χ2n) is 15.1. The summed E-state index contributed by atoms with van der Waals surface area (Å²) in [6.45, 7) is 8.63. The summed E-state index contributed by atoms with van der Waals surface area (Å²) in [6.07, 6.45) is -8.91. The number of pyridine rings is 2. The van der Waals surface area contributed by atoms with Crippen LogP contribution in [0.4, 0.5) is 60.5 Å². The van der Waals surface area contributed by atoms with Crippen LogP contribution in [-0.2, 0) is 17.0 Å². The second kappa shape index (κ2) is 17.5. The van der Waals surface area contributed by atoms with E-state index in [-0.39, 0.29) is 56.2 Å². The van der Waals surface area contributed by atoms with Crippen LogP contribution in [0.25, 0.3) is 0 Å². The molecule has 4 heterocycles. The number of amides is 4. The Kier molecular flexibility index (Phi) is 13.3. The summed E-state index contributed by atoms with van der Waals surface area (Å²) in [6, 6.07) is 16.1. The van der Waals surface area contributed by atoms with E-state index in [0.717, 1.165) is 23.4 Å². The molecule has 0 spiro atoms. The molecule has 2 aliphatic heterocycles. The molecule has 318 valence electrons. The van der Waals surface area contributed by atoms with Crippen LogP contribution in [0.2, 0.25) is 0 Å². The van der Waals surface area contributed by atoms with E-state index < -0.39 is 41.0 Å². The molecule has 59 heavy (non-hydrogen) atoms. The molecule has 2 N–H and O–H groups in total. The predicted molar refractivity (Wildman–Crippen MR) is 205 cm³/mol. The fraction of sp³-hybridized carbons (Fsp3) is 0.429. The highest BCUT2D eigenvalue weighted by Gasteiger charge is 2.73. The third-order valence-corrected chi connectivity index (χ3v) is 10.7. The summed E-state index contributed by atoms with van der Waals surface area (Å²) in [4.78, 5) is 36.2. The van der Waals surface area contributed by atoms with Gasteiger partial charge >= 0.3 is 30.1 Å². The van der Waals surface area contributed by atoms with Gasteiger partial charge in [0.15, 0.2) is 11.3 Å². The highest BCUT2D eigenvalue weighted by Crippen LogP contribution is 2.53. The van der Waals surface area contributed by atoms with Gasteiger partial charge in [-0.05, 0) is 72.9 Å². The van der Waals surface area contributed by atoms with Gasteiger partial charge in [0.2, 0.25) is 0 Å². The van der Waals surface area contributed by atoms with Crippen molar-refractivity contribution in [2.75, 3.05) is 36.8 Å². The Morgan fingerprint density at radius 3 is 1.29 bits per heavy atom. The van der Waals surface area contributed by atoms with Crippen molar-refractivity contribution in [1.29, 1.82) is 0 Å². The van der Waals surface area contributed by atoms with Gasteiger partial charge in [-0.3, -0.25) is 9.97 Å². The average Bonchev–Trinajstić information content (AvgIpc) is 3.18. The number of urea groups is 2. The standard InChI is InChI=1S/C21H19F8N3O.C21H26FN3O/c1-13-3-2-10-30-16(13)18(22)8-11-32(12-9-18)17(33)31-15-6-4-14(5-7-15)19(23,20(24,25)26)21(27,28)29;1-15(2)17-6-8-18(9-7-17)24-20(26)25-13-10-21(22,11-14-25)19-16(3)5-4-12-23-19/h2-7,10H,8-9,11-12H2,1H3,(H,31,33);4-9,12,15H,10-11,13-14H2,1-3H3,(H,24,26). The van der Waals surface area contributed by atoms with Gasteiger partial charge in [-0.2, -0.15) is 26.3 Å². The fourth-order valence-electron chi connectivity index (χ4n) is 7.14. The summed E-state index contributed by atoms with van der Waals surface area (Å²) in [5.74, 6) is 0.453. The Bertz CT molecular complexity index is 2040. The maximum Gasteiger partial charge on any atom is 0.435 e. The van der Waals surface area contributed by atoms with Crippen LogP contribution < -0.4 is 10.6 Å². The number of aromatic nitrogens is 2. The van der Waals surface area contributed by atoms with E-state index in [2.05, 4.69) is 34.4 Å². The smallest absolute Gasteiger partial charge is 0.324 e. The highest BCUT2D eigenvalue weighted by atomic mass is 19.4. The van der Waals surface area contributed by atoms with Gasteiger partial charge in [0, 0.05) is 81.2 Å². The van der Waals surface area contributed by atoms with Crippen LogP contribution >= 0.6 is 0 Å². The zero-order valence-corrected chi connectivity index (χ0v) is 32.8. The highest BCUT2D eigenvalue weighted by molar-refractivity contribution is 5.90. The van der Waals surface area contributed by atoms with Crippen LogP contribution in [0.5, 0.6) is 0 Å². The third-order valence-electron chi connectivity index (χ3n) is 10.7. The Hall–Kier alpha value is -5.35. The molecule has 2 aromatic carbocycles. The Balaban J connectivity index is 0.000000230. The SMILES string of the molecule is Cc1cccnc1C1(F)CCN(C(=O)Nc2ccc(C(C)C)cc2)CC1.Cc1cccnc1C1(F)CCN(C(=O)Nc2ccc(C(F)(C(F)(F)F)C(F)(F)F)cc2)CC1.